The van der Waals surface area contributed by atoms with Crippen LogP contribution in [0.4, 0.5) is 0 Å². The smallest absolute Gasteiger partial charge is 0.326 e. The van der Waals surface area contributed by atoms with Crippen LogP contribution in [0.5, 0.6) is 5.75 Å². The first-order chi connectivity index (χ1) is 17.8. The Kier molecular flexibility index (Phi) is 13.6. The molecule has 0 saturated carbocycles. The summed E-state index contributed by atoms with van der Waals surface area (Å²) in [7, 11) is 0. The number of nitrogens with one attached hydrogen (secondary N) is 3. The second kappa shape index (κ2) is 16.0. The van der Waals surface area contributed by atoms with Gasteiger partial charge in [0.05, 0.1) is 12.6 Å². The van der Waals surface area contributed by atoms with E-state index in [2.05, 4.69) is 20.9 Å². The van der Waals surface area contributed by atoms with E-state index in [0.29, 0.717) is 5.56 Å². The van der Waals surface area contributed by atoms with Gasteiger partial charge in [0.25, 0.3) is 0 Å². The average Bonchev–Trinajstić information content (AvgIpc) is 2.84. The predicted octanol–water partition coefficient (Wildman–Crippen LogP) is -2.11. The summed E-state index contributed by atoms with van der Waals surface area (Å²) >= 11 is 0. The summed E-state index contributed by atoms with van der Waals surface area (Å²) in [6.07, 6.45) is 0.596. The highest BCUT2D eigenvalue weighted by atomic mass is 16.4. The van der Waals surface area contributed by atoms with Crippen LogP contribution in [0.25, 0.3) is 0 Å². The summed E-state index contributed by atoms with van der Waals surface area (Å²) < 4.78 is 0. The SMILES string of the molecule is CC(C)CC(NC(=O)C(CCCN=C(N)N)NC(=O)C(CO)NC(=O)C(N)Cc1ccc(O)cc1)C(=O)O. The van der Waals surface area contributed by atoms with Crippen molar-refractivity contribution in [2.75, 3.05) is 13.2 Å². The van der Waals surface area contributed by atoms with Gasteiger partial charge in [-0.05, 0) is 49.3 Å². The Labute approximate surface area is 221 Å². The number of carbonyl (C=O) groups is 4. The van der Waals surface area contributed by atoms with E-state index in [-0.39, 0.29) is 49.9 Å². The Balaban J connectivity index is 2.90. The van der Waals surface area contributed by atoms with Crippen LogP contribution >= 0.6 is 0 Å². The van der Waals surface area contributed by atoms with E-state index in [1.807, 2.05) is 0 Å². The van der Waals surface area contributed by atoms with Crippen molar-refractivity contribution < 1.29 is 34.5 Å². The monoisotopic (exact) mass is 537 g/mol. The number of phenols is 1. The van der Waals surface area contributed by atoms with Gasteiger partial charge in [0.15, 0.2) is 5.96 Å². The Morgan fingerprint density at radius 3 is 2.00 bits per heavy atom. The third-order valence-electron chi connectivity index (χ3n) is 5.44. The Morgan fingerprint density at radius 1 is 0.921 bits per heavy atom. The molecule has 0 bridgehead atoms. The van der Waals surface area contributed by atoms with Crippen molar-refractivity contribution in [3.8, 4) is 5.75 Å². The Morgan fingerprint density at radius 2 is 1.47 bits per heavy atom. The maximum absolute atomic E-state index is 12.9. The minimum Gasteiger partial charge on any atom is -0.508 e. The normalized spacial score (nSPS) is 14.0. The fraction of sp³-hybridized carbons (Fsp3) is 0.542. The van der Waals surface area contributed by atoms with Gasteiger partial charge in [0.1, 0.15) is 23.9 Å². The summed E-state index contributed by atoms with van der Waals surface area (Å²) in [4.78, 5) is 53.7. The molecule has 0 heterocycles. The first kappa shape index (κ1) is 32.1. The second-order valence-corrected chi connectivity index (χ2v) is 9.26. The lowest BCUT2D eigenvalue weighted by molar-refractivity contribution is -0.143. The molecule has 1 aromatic rings. The molecule has 4 atom stereocenters. The maximum Gasteiger partial charge on any atom is 0.326 e. The molecule has 0 aliphatic carbocycles. The number of guanidine groups is 1. The zero-order valence-corrected chi connectivity index (χ0v) is 21.6. The minimum absolute atomic E-state index is 0.0222. The highest BCUT2D eigenvalue weighted by Crippen LogP contribution is 2.11. The number of rotatable bonds is 16. The number of carboxylic acid groups (broad SMARTS) is 1. The number of aliphatic hydroxyl groups excluding tert-OH is 1. The summed E-state index contributed by atoms with van der Waals surface area (Å²) in [6, 6.07) is 1.21. The van der Waals surface area contributed by atoms with Crippen LogP contribution in [0.2, 0.25) is 0 Å². The van der Waals surface area contributed by atoms with Crippen molar-refractivity contribution in [1.29, 1.82) is 0 Å². The van der Waals surface area contributed by atoms with Gasteiger partial charge in [0, 0.05) is 6.54 Å². The Bertz CT molecular complexity index is 965. The quantitative estimate of drug-likeness (QED) is 0.0630. The number of nitrogens with two attached hydrogens (primary N) is 3. The largest absolute Gasteiger partial charge is 0.508 e. The summed E-state index contributed by atoms with van der Waals surface area (Å²) in [6.45, 7) is 2.98. The molecule has 3 amide bonds. The molecule has 0 aliphatic heterocycles. The summed E-state index contributed by atoms with van der Waals surface area (Å²) in [5.41, 5.74) is 17.2. The van der Waals surface area contributed by atoms with E-state index in [9.17, 15) is 34.5 Å². The molecule has 0 aliphatic rings. The first-order valence-electron chi connectivity index (χ1n) is 12.2. The minimum atomic E-state index is -1.42. The van der Waals surface area contributed by atoms with Gasteiger partial charge in [-0.3, -0.25) is 19.4 Å². The molecule has 212 valence electrons. The molecule has 0 fully saturated rings. The molecule has 1 rings (SSSR count). The molecular formula is C24H39N7O7. The third-order valence-corrected chi connectivity index (χ3v) is 5.44. The lowest BCUT2D eigenvalue weighted by Gasteiger charge is -2.25. The molecular weight excluding hydrogens is 498 g/mol. The first-order valence-corrected chi connectivity index (χ1v) is 12.2. The molecule has 0 spiro atoms. The number of phenolic OH excluding ortho intramolecular Hbond substituents is 1. The summed E-state index contributed by atoms with van der Waals surface area (Å²) in [5.74, 6) is -3.67. The molecule has 0 aromatic heterocycles. The molecule has 0 radical (unpaired) electrons. The fourth-order valence-corrected chi connectivity index (χ4v) is 3.46. The zero-order valence-electron chi connectivity index (χ0n) is 21.6. The van der Waals surface area contributed by atoms with Gasteiger partial charge >= 0.3 is 5.97 Å². The van der Waals surface area contributed by atoms with Gasteiger partial charge in [-0.1, -0.05) is 26.0 Å². The number of benzene rings is 1. The number of aliphatic hydroxyl groups is 1. The van der Waals surface area contributed by atoms with Gasteiger partial charge in [-0.25, -0.2) is 4.79 Å². The second-order valence-electron chi connectivity index (χ2n) is 9.26. The van der Waals surface area contributed by atoms with Gasteiger partial charge in [-0.15, -0.1) is 0 Å². The number of aliphatic carboxylic acids is 1. The van der Waals surface area contributed by atoms with Crippen LogP contribution in [0.1, 0.15) is 38.7 Å². The topological polar surface area (TPSA) is 255 Å². The van der Waals surface area contributed by atoms with Crippen LogP contribution in [0, 0.1) is 5.92 Å². The van der Waals surface area contributed by atoms with Crippen molar-refractivity contribution in [2.45, 2.75) is 63.7 Å². The molecule has 1 aromatic carbocycles. The van der Waals surface area contributed by atoms with Crippen LogP contribution in [0.3, 0.4) is 0 Å². The van der Waals surface area contributed by atoms with Gasteiger partial charge in [-0.2, -0.15) is 0 Å². The standard InChI is InChI=1S/C24H39N7O7/c1-13(2)10-18(23(37)38)30-21(35)17(4-3-9-28-24(26)27)29-22(36)19(12-32)31-20(34)16(25)11-14-5-7-15(33)8-6-14/h5-8,13,16-19,32-33H,3-4,9-12,25H2,1-2H3,(H,29,36)(H,30,35)(H,31,34)(H,37,38)(H4,26,27,28). The number of amides is 3. The number of hydrogen-bond acceptors (Lipinski definition) is 8. The molecule has 12 N–H and O–H groups in total. The van der Waals surface area contributed by atoms with E-state index < -0.39 is 54.5 Å². The van der Waals surface area contributed by atoms with E-state index >= 15 is 0 Å². The molecule has 14 nitrogen and oxygen atoms in total. The molecule has 14 heteroatoms. The molecule has 0 saturated heterocycles. The van der Waals surface area contributed by atoms with Gasteiger partial charge < -0.3 is 48.5 Å². The van der Waals surface area contributed by atoms with Crippen molar-refractivity contribution in [1.82, 2.24) is 16.0 Å². The van der Waals surface area contributed by atoms with Crippen LogP contribution in [-0.2, 0) is 25.6 Å². The Hall–Kier alpha value is -3.91. The molecule has 38 heavy (non-hydrogen) atoms. The number of nitrogens with zero attached hydrogens (tertiary/aromatic N) is 1. The maximum atomic E-state index is 12.9. The number of aliphatic imine (C=N–C) groups is 1. The van der Waals surface area contributed by atoms with E-state index in [0.717, 1.165) is 0 Å². The fourth-order valence-electron chi connectivity index (χ4n) is 3.46. The van der Waals surface area contributed by atoms with Crippen molar-refractivity contribution in [2.24, 2.45) is 28.1 Å². The highest BCUT2D eigenvalue weighted by molar-refractivity contribution is 5.94. The predicted molar refractivity (Wildman–Crippen MR) is 140 cm³/mol. The number of aromatic hydroxyl groups is 1. The lowest BCUT2D eigenvalue weighted by Crippen LogP contribution is -2.58. The van der Waals surface area contributed by atoms with Crippen molar-refractivity contribution >= 4 is 29.7 Å². The average molecular weight is 538 g/mol. The lowest BCUT2D eigenvalue weighted by atomic mass is 10.0. The summed E-state index contributed by atoms with van der Waals surface area (Å²) in [5, 5.41) is 35.8. The van der Waals surface area contributed by atoms with Crippen LogP contribution < -0.4 is 33.2 Å². The van der Waals surface area contributed by atoms with Crippen molar-refractivity contribution in [3.63, 3.8) is 0 Å². The van der Waals surface area contributed by atoms with Crippen LogP contribution in [-0.4, -0.2) is 82.3 Å². The third kappa shape index (κ3) is 11.9. The number of carbonyl (C=O) groups excluding carboxylic acids is 3. The number of carboxylic acids is 1. The molecule has 4 unspecified atom stereocenters. The highest BCUT2D eigenvalue weighted by Gasteiger charge is 2.30. The zero-order chi connectivity index (χ0) is 28.8. The van der Waals surface area contributed by atoms with Gasteiger partial charge in [0.2, 0.25) is 17.7 Å². The van der Waals surface area contributed by atoms with Crippen LogP contribution in [0.15, 0.2) is 29.3 Å². The number of hydrogen-bond donors (Lipinski definition) is 9. The van der Waals surface area contributed by atoms with E-state index in [1.54, 1.807) is 26.0 Å². The van der Waals surface area contributed by atoms with Crippen molar-refractivity contribution in [3.05, 3.63) is 29.8 Å². The van der Waals surface area contributed by atoms with E-state index in [1.165, 1.54) is 12.1 Å². The van der Waals surface area contributed by atoms with E-state index in [4.69, 9.17) is 17.2 Å².